The topological polar surface area (TPSA) is 24.5 Å². The van der Waals surface area contributed by atoms with Crippen LogP contribution >= 0.6 is 15.9 Å². The van der Waals surface area contributed by atoms with Gasteiger partial charge in [0, 0.05) is 29.2 Å². The van der Waals surface area contributed by atoms with Crippen molar-refractivity contribution in [3.8, 4) is 5.75 Å². The highest BCUT2D eigenvalue weighted by Crippen LogP contribution is 2.27. The van der Waals surface area contributed by atoms with Crippen molar-refractivity contribution in [2.24, 2.45) is 0 Å². The minimum atomic E-state index is 0.647. The van der Waals surface area contributed by atoms with Crippen LogP contribution in [-0.4, -0.2) is 37.7 Å². The zero-order valence-corrected chi connectivity index (χ0v) is 14.8. The number of hydrogen-bond acceptors (Lipinski definition) is 3. The molecule has 118 valence electrons. The lowest BCUT2D eigenvalue weighted by Gasteiger charge is -2.36. The van der Waals surface area contributed by atoms with E-state index < -0.39 is 0 Å². The van der Waals surface area contributed by atoms with Crippen LogP contribution < -0.4 is 10.1 Å². The summed E-state index contributed by atoms with van der Waals surface area (Å²) in [4.78, 5) is 2.61. The van der Waals surface area contributed by atoms with Crippen molar-refractivity contribution in [2.75, 3.05) is 26.7 Å². The van der Waals surface area contributed by atoms with Crippen LogP contribution in [0.5, 0.6) is 5.75 Å². The molecule has 0 aromatic heterocycles. The number of rotatable bonds is 7. The highest BCUT2D eigenvalue weighted by Gasteiger charge is 2.23. The van der Waals surface area contributed by atoms with E-state index in [1.165, 1.54) is 37.8 Å². The number of benzene rings is 1. The first-order valence-electron chi connectivity index (χ1n) is 8.01. The molecule has 1 aromatic rings. The van der Waals surface area contributed by atoms with Gasteiger partial charge < -0.3 is 10.1 Å². The van der Waals surface area contributed by atoms with E-state index in [0.717, 1.165) is 29.9 Å². The molecule has 1 unspecified atom stereocenters. The van der Waals surface area contributed by atoms with Crippen molar-refractivity contribution in [2.45, 2.75) is 45.2 Å². The van der Waals surface area contributed by atoms with Crippen molar-refractivity contribution in [1.29, 1.82) is 0 Å². The van der Waals surface area contributed by atoms with Gasteiger partial charge in [0.05, 0.1) is 7.11 Å². The van der Waals surface area contributed by atoms with Gasteiger partial charge >= 0.3 is 0 Å². The van der Waals surface area contributed by atoms with E-state index in [9.17, 15) is 0 Å². The SMILES string of the molecule is CCCNCC1CCCCN1Cc1cc(Br)ccc1OC. The van der Waals surface area contributed by atoms with Gasteiger partial charge in [-0.25, -0.2) is 0 Å². The monoisotopic (exact) mass is 354 g/mol. The largest absolute Gasteiger partial charge is 0.496 e. The van der Waals surface area contributed by atoms with Gasteiger partial charge in [0.15, 0.2) is 0 Å². The fourth-order valence-corrected chi connectivity index (χ4v) is 3.44. The standard InChI is InChI=1S/C17H27BrN2O/c1-3-9-19-12-16-6-4-5-10-20(16)13-14-11-15(18)7-8-17(14)21-2/h7-8,11,16,19H,3-6,9-10,12-13H2,1-2H3. The molecule has 0 aliphatic carbocycles. The summed E-state index contributed by atoms with van der Waals surface area (Å²) in [6, 6.07) is 6.92. The van der Waals surface area contributed by atoms with E-state index in [-0.39, 0.29) is 0 Å². The molecule has 1 fully saturated rings. The molecule has 0 bridgehead atoms. The Hall–Kier alpha value is -0.580. The number of hydrogen-bond donors (Lipinski definition) is 1. The highest BCUT2D eigenvalue weighted by molar-refractivity contribution is 9.10. The van der Waals surface area contributed by atoms with Crippen LogP contribution in [0, 0.1) is 0 Å². The molecular weight excluding hydrogens is 328 g/mol. The van der Waals surface area contributed by atoms with E-state index in [1.54, 1.807) is 7.11 Å². The number of halogens is 1. The molecule has 0 radical (unpaired) electrons. The third-order valence-electron chi connectivity index (χ3n) is 4.17. The van der Waals surface area contributed by atoms with Gasteiger partial charge in [-0.1, -0.05) is 29.3 Å². The predicted octanol–water partition coefficient (Wildman–Crippen LogP) is 3.81. The average molecular weight is 355 g/mol. The molecule has 21 heavy (non-hydrogen) atoms. The second-order valence-electron chi connectivity index (χ2n) is 5.78. The molecule has 1 N–H and O–H groups in total. The smallest absolute Gasteiger partial charge is 0.123 e. The number of nitrogens with zero attached hydrogens (tertiary/aromatic N) is 1. The predicted molar refractivity (Wildman–Crippen MR) is 91.9 cm³/mol. The van der Waals surface area contributed by atoms with Gasteiger partial charge in [-0.3, -0.25) is 4.90 Å². The Balaban J connectivity index is 2.02. The van der Waals surface area contributed by atoms with Crippen molar-refractivity contribution >= 4 is 15.9 Å². The zero-order valence-electron chi connectivity index (χ0n) is 13.2. The van der Waals surface area contributed by atoms with Gasteiger partial charge in [0.1, 0.15) is 5.75 Å². The Morgan fingerprint density at radius 2 is 2.24 bits per heavy atom. The maximum Gasteiger partial charge on any atom is 0.123 e. The van der Waals surface area contributed by atoms with E-state index in [4.69, 9.17) is 4.74 Å². The molecular formula is C17H27BrN2O. The van der Waals surface area contributed by atoms with Crippen LogP contribution in [0.2, 0.25) is 0 Å². The van der Waals surface area contributed by atoms with Gasteiger partial charge in [-0.15, -0.1) is 0 Å². The minimum absolute atomic E-state index is 0.647. The van der Waals surface area contributed by atoms with Crippen LogP contribution in [0.3, 0.4) is 0 Å². The molecule has 0 spiro atoms. The summed E-state index contributed by atoms with van der Waals surface area (Å²) < 4.78 is 6.63. The first kappa shape index (κ1) is 16.8. The first-order chi connectivity index (χ1) is 10.2. The van der Waals surface area contributed by atoms with Crippen LogP contribution in [0.1, 0.15) is 38.2 Å². The summed E-state index contributed by atoms with van der Waals surface area (Å²) in [7, 11) is 1.75. The Morgan fingerprint density at radius 3 is 3.00 bits per heavy atom. The van der Waals surface area contributed by atoms with Gasteiger partial charge in [-0.05, 0) is 50.6 Å². The Morgan fingerprint density at radius 1 is 1.38 bits per heavy atom. The fraction of sp³-hybridized carbons (Fsp3) is 0.647. The number of piperidine rings is 1. The second-order valence-corrected chi connectivity index (χ2v) is 6.70. The summed E-state index contributed by atoms with van der Waals surface area (Å²) in [5.74, 6) is 0.990. The molecule has 0 amide bonds. The van der Waals surface area contributed by atoms with E-state index in [0.29, 0.717) is 6.04 Å². The molecule has 4 heteroatoms. The highest BCUT2D eigenvalue weighted by atomic mass is 79.9. The molecule has 0 saturated carbocycles. The number of nitrogens with one attached hydrogen (secondary N) is 1. The lowest BCUT2D eigenvalue weighted by atomic mass is 10.0. The van der Waals surface area contributed by atoms with Crippen molar-refractivity contribution in [3.05, 3.63) is 28.2 Å². The maximum atomic E-state index is 5.51. The Kier molecular flexibility index (Phi) is 7.00. The van der Waals surface area contributed by atoms with E-state index in [2.05, 4.69) is 39.1 Å². The Bertz CT molecular complexity index is 439. The molecule has 1 saturated heterocycles. The molecule has 1 atom stereocenters. The van der Waals surface area contributed by atoms with Crippen molar-refractivity contribution in [3.63, 3.8) is 0 Å². The third kappa shape index (κ3) is 4.97. The molecule has 1 aromatic carbocycles. The molecule has 1 heterocycles. The molecule has 2 rings (SSSR count). The molecule has 1 aliphatic rings. The van der Waals surface area contributed by atoms with Crippen LogP contribution in [0.15, 0.2) is 22.7 Å². The second kappa shape index (κ2) is 8.76. The summed E-state index contributed by atoms with van der Waals surface area (Å²) in [6.45, 7) is 6.60. The normalized spacial score (nSPS) is 19.7. The van der Waals surface area contributed by atoms with Crippen molar-refractivity contribution in [1.82, 2.24) is 10.2 Å². The molecule has 1 aliphatic heterocycles. The summed E-state index contributed by atoms with van der Waals surface area (Å²) >= 11 is 3.57. The quantitative estimate of drug-likeness (QED) is 0.753. The van der Waals surface area contributed by atoms with Gasteiger partial charge in [0.25, 0.3) is 0 Å². The lowest BCUT2D eigenvalue weighted by Crippen LogP contribution is -2.45. The van der Waals surface area contributed by atoms with E-state index >= 15 is 0 Å². The van der Waals surface area contributed by atoms with Gasteiger partial charge in [0.2, 0.25) is 0 Å². The first-order valence-corrected chi connectivity index (χ1v) is 8.81. The third-order valence-corrected chi connectivity index (χ3v) is 4.66. The van der Waals surface area contributed by atoms with Crippen LogP contribution in [0.25, 0.3) is 0 Å². The average Bonchev–Trinajstić information content (AvgIpc) is 2.49. The lowest BCUT2D eigenvalue weighted by molar-refractivity contribution is 0.136. The zero-order chi connectivity index (χ0) is 15.1. The maximum absolute atomic E-state index is 5.51. The van der Waals surface area contributed by atoms with E-state index in [1.807, 2.05) is 12.1 Å². The number of likely N-dealkylation sites (tertiary alicyclic amines) is 1. The van der Waals surface area contributed by atoms with Crippen LogP contribution in [0.4, 0.5) is 0 Å². The summed E-state index contributed by atoms with van der Waals surface area (Å²) in [5, 5.41) is 3.58. The summed E-state index contributed by atoms with van der Waals surface area (Å²) in [5.41, 5.74) is 1.27. The fourth-order valence-electron chi connectivity index (χ4n) is 3.03. The Labute approximate surface area is 137 Å². The summed E-state index contributed by atoms with van der Waals surface area (Å²) in [6.07, 6.45) is 5.16. The van der Waals surface area contributed by atoms with Gasteiger partial charge in [-0.2, -0.15) is 0 Å². The number of methoxy groups -OCH3 is 1. The van der Waals surface area contributed by atoms with Crippen LogP contribution in [-0.2, 0) is 6.54 Å². The molecule has 3 nitrogen and oxygen atoms in total. The number of ether oxygens (including phenoxy) is 1. The minimum Gasteiger partial charge on any atom is -0.496 e. The van der Waals surface area contributed by atoms with Crippen molar-refractivity contribution < 1.29 is 4.74 Å².